The van der Waals surface area contributed by atoms with Crippen molar-refractivity contribution in [3.63, 3.8) is 0 Å². The van der Waals surface area contributed by atoms with Gasteiger partial charge in [0.1, 0.15) is 12.4 Å². The van der Waals surface area contributed by atoms with Crippen LogP contribution in [0.4, 0.5) is 0 Å². The molecule has 1 aliphatic heterocycles. The van der Waals surface area contributed by atoms with E-state index in [-0.39, 0.29) is 11.8 Å². The summed E-state index contributed by atoms with van der Waals surface area (Å²) in [7, 11) is 0. The van der Waals surface area contributed by atoms with Crippen molar-refractivity contribution >= 4 is 5.97 Å². The van der Waals surface area contributed by atoms with E-state index in [0.29, 0.717) is 13.2 Å². The van der Waals surface area contributed by atoms with Crippen LogP contribution in [0, 0.1) is 18.8 Å². The number of carboxylic acids is 1. The normalized spacial score (nSPS) is 23.5. The molecular weight excluding hydrogens is 242 g/mol. The van der Waals surface area contributed by atoms with Crippen LogP contribution < -0.4 is 4.74 Å². The molecule has 1 aromatic rings. The number of carbonyl (C=O) groups is 1. The highest BCUT2D eigenvalue weighted by Crippen LogP contribution is 2.22. The molecule has 0 aromatic heterocycles. The van der Waals surface area contributed by atoms with Crippen molar-refractivity contribution in [1.29, 1.82) is 0 Å². The molecule has 1 fully saturated rings. The monoisotopic (exact) mass is 263 g/mol. The van der Waals surface area contributed by atoms with Crippen LogP contribution in [0.25, 0.3) is 0 Å². The number of aliphatic carboxylic acids is 1. The van der Waals surface area contributed by atoms with Crippen LogP contribution >= 0.6 is 0 Å². The summed E-state index contributed by atoms with van der Waals surface area (Å²) in [5.41, 5.74) is 1.21. The summed E-state index contributed by atoms with van der Waals surface area (Å²) in [5.74, 6) is 0.165. The number of ether oxygens (including phenoxy) is 1. The zero-order chi connectivity index (χ0) is 13.8. The molecule has 2 unspecified atom stereocenters. The first-order chi connectivity index (χ1) is 9.06. The maximum absolute atomic E-state index is 11.0. The number of rotatable bonds is 5. The smallest absolute Gasteiger partial charge is 0.308 e. The highest BCUT2D eigenvalue weighted by atomic mass is 16.5. The molecule has 4 heteroatoms. The van der Waals surface area contributed by atoms with Crippen molar-refractivity contribution in [2.45, 2.75) is 13.8 Å². The zero-order valence-corrected chi connectivity index (χ0v) is 11.5. The Hall–Kier alpha value is -1.55. The van der Waals surface area contributed by atoms with Gasteiger partial charge in [-0.05, 0) is 25.0 Å². The van der Waals surface area contributed by atoms with Crippen LogP contribution in [-0.4, -0.2) is 42.2 Å². The van der Waals surface area contributed by atoms with Crippen molar-refractivity contribution < 1.29 is 14.6 Å². The van der Waals surface area contributed by atoms with Gasteiger partial charge in [-0.2, -0.15) is 0 Å². The molecular formula is C15H21NO3. The summed E-state index contributed by atoms with van der Waals surface area (Å²) in [4.78, 5) is 13.2. The van der Waals surface area contributed by atoms with Gasteiger partial charge in [0.25, 0.3) is 0 Å². The van der Waals surface area contributed by atoms with E-state index < -0.39 is 5.97 Å². The first-order valence-electron chi connectivity index (χ1n) is 6.71. The van der Waals surface area contributed by atoms with Gasteiger partial charge < -0.3 is 9.84 Å². The second-order valence-corrected chi connectivity index (χ2v) is 5.34. The van der Waals surface area contributed by atoms with Gasteiger partial charge in [-0.25, -0.2) is 0 Å². The van der Waals surface area contributed by atoms with Crippen molar-refractivity contribution in [1.82, 2.24) is 4.90 Å². The number of benzene rings is 1. The first-order valence-corrected chi connectivity index (χ1v) is 6.71. The van der Waals surface area contributed by atoms with Crippen molar-refractivity contribution in [2.24, 2.45) is 11.8 Å². The van der Waals surface area contributed by atoms with Gasteiger partial charge in [-0.1, -0.05) is 24.6 Å². The fourth-order valence-corrected chi connectivity index (χ4v) is 2.50. The summed E-state index contributed by atoms with van der Waals surface area (Å²) < 4.78 is 5.66. The van der Waals surface area contributed by atoms with Gasteiger partial charge in [0, 0.05) is 19.6 Å². The van der Waals surface area contributed by atoms with E-state index in [9.17, 15) is 4.79 Å². The molecule has 1 heterocycles. The molecule has 1 aromatic carbocycles. The highest BCUT2D eigenvalue weighted by molar-refractivity contribution is 5.71. The number of hydrogen-bond acceptors (Lipinski definition) is 3. The molecule has 2 atom stereocenters. The minimum Gasteiger partial charge on any atom is -0.492 e. The molecule has 0 spiro atoms. The van der Waals surface area contributed by atoms with Crippen molar-refractivity contribution in [2.75, 3.05) is 26.2 Å². The second kappa shape index (κ2) is 6.06. The van der Waals surface area contributed by atoms with Gasteiger partial charge >= 0.3 is 5.97 Å². The van der Waals surface area contributed by atoms with Crippen LogP contribution in [0.2, 0.25) is 0 Å². The molecule has 4 nitrogen and oxygen atoms in total. The molecule has 0 bridgehead atoms. The summed E-state index contributed by atoms with van der Waals surface area (Å²) in [5, 5.41) is 9.07. The zero-order valence-electron chi connectivity index (χ0n) is 11.5. The third-order valence-corrected chi connectivity index (χ3v) is 3.70. The Balaban J connectivity index is 1.75. The summed E-state index contributed by atoms with van der Waals surface area (Å²) >= 11 is 0. The number of nitrogens with zero attached hydrogens (tertiary/aromatic N) is 1. The summed E-state index contributed by atoms with van der Waals surface area (Å²) in [6.07, 6.45) is 0. The lowest BCUT2D eigenvalue weighted by Gasteiger charge is -2.15. The molecule has 0 radical (unpaired) electrons. The molecule has 19 heavy (non-hydrogen) atoms. The minimum absolute atomic E-state index is 0.219. The molecule has 0 saturated carbocycles. The average molecular weight is 263 g/mol. The van der Waals surface area contributed by atoms with E-state index in [2.05, 4.69) is 4.90 Å². The highest BCUT2D eigenvalue weighted by Gasteiger charge is 2.34. The molecule has 0 amide bonds. The van der Waals surface area contributed by atoms with Gasteiger partial charge in [0.15, 0.2) is 0 Å². The van der Waals surface area contributed by atoms with Gasteiger partial charge in [-0.15, -0.1) is 0 Å². The van der Waals surface area contributed by atoms with Crippen LogP contribution in [-0.2, 0) is 4.79 Å². The van der Waals surface area contributed by atoms with Crippen LogP contribution in [0.3, 0.4) is 0 Å². The fourth-order valence-electron chi connectivity index (χ4n) is 2.50. The number of carboxylic acid groups (broad SMARTS) is 1. The third-order valence-electron chi connectivity index (χ3n) is 3.70. The minimum atomic E-state index is -0.686. The van der Waals surface area contributed by atoms with Gasteiger partial charge in [0.05, 0.1) is 5.92 Å². The molecule has 1 N–H and O–H groups in total. The average Bonchev–Trinajstić information content (AvgIpc) is 2.73. The SMILES string of the molecule is Cc1ccc(OCCN2CC(C)C(C(=O)O)C2)cc1. The number of likely N-dealkylation sites (tertiary alicyclic amines) is 1. The topological polar surface area (TPSA) is 49.8 Å². The lowest BCUT2D eigenvalue weighted by atomic mass is 9.99. The molecule has 1 aliphatic rings. The Morgan fingerprint density at radius 2 is 2.05 bits per heavy atom. The van der Waals surface area contributed by atoms with Crippen molar-refractivity contribution in [3.05, 3.63) is 29.8 Å². The number of aryl methyl sites for hydroxylation is 1. The lowest BCUT2D eigenvalue weighted by Crippen LogP contribution is -2.27. The third kappa shape index (κ3) is 3.70. The van der Waals surface area contributed by atoms with E-state index in [1.165, 1.54) is 5.56 Å². The standard InChI is InChI=1S/C15H21NO3/c1-11-3-5-13(6-4-11)19-8-7-16-9-12(2)14(10-16)15(17)18/h3-6,12,14H,7-10H2,1-2H3,(H,17,18). The van der Waals surface area contributed by atoms with Crippen LogP contribution in [0.15, 0.2) is 24.3 Å². The maximum atomic E-state index is 11.0. The Morgan fingerprint density at radius 1 is 1.37 bits per heavy atom. The quantitative estimate of drug-likeness (QED) is 0.883. The van der Waals surface area contributed by atoms with Crippen LogP contribution in [0.1, 0.15) is 12.5 Å². The fraction of sp³-hybridized carbons (Fsp3) is 0.533. The van der Waals surface area contributed by atoms with E-state index in [1.807, 2.05) is 38.1 Å². The van der Waals surface area contributed by atoms with Crippen LogP contribution in [0.5, 0.6) is 5.75 Å². The van der Waals surface area contributed by atoms with E-state index in [4.69, 9.17) is 9.84 Å². The van der Waals surface area contributed by atoms with E-state index in [0.717, 1.165) is 18.8 Å². The number of hydrogen-bond donors (Lipinski definition) is 1. The van der Waals surface area contributed by atoms with Gasteiger partial charge in [-0.3, -0.25) is 9.69 Å². The second-order valence-electron chi connectivity index (χ2n) is 5.34. The predicted octanol–water partition coefficient (Wildman–Crippen LogP) is 2.03. The maximum Gasteiger partial charge on any atom is 0.308 e. The Bertz CT molecular complexity index is 430. The lowest BCUT2D eigenvalue weighted by molar-refractivity contribution is -0.142. The Labute approximate surface area is 114 Å². The Morgan fingerprint density at radius 3 is 2.63 bits per heavy atom. The predicted molar refractivity (Wildman–Crippen MR) is 73.4 cm³/mol. The summed E-state index contributed by atoms with van der Waals surface area (Å²) in [6.45, 7) is 6.90. The summed E-state index contributed by atoms with van der Waals surface area (Å²) in [6, 6.07) is 7.96. The van der Waals surface area contributed by atoms with Gasteiger partial charge in [0.2, 0.25) is 0 Å². The molecule has 2 rings (SSSR count). The molecule has 0 aliphatic carbocycles. The first kappa shape index (κ1) is 13.9. The van der Waals surface area contributed by atoms with Crippen molar-refractivity contribution in [3.8, 4) is 5.75 Å². The Kier molecular flexibility index (Phi) is 4.43. The van der Waals surface area contributed by atoms with E-state index >= 15 is 0 Å². The largest absolute Gasteiger partial charge is 0.492 e. The van der Waals surface area contributed by atoms with E-state index in [1.54, 1.807) is 0 Å². The molecule has 104 valence electrons. The molecule has 1 saturated heterocycles.